The molecule has 0 aromatic carbocycles. The van der Waals surface area contributed by atoms with Gasteiger partial charge in [-0.25, -0.2) is 4.98 Å². The maximum absolute atomic E-state index is 8.89. The van der Waals surface area contributed by atoms with Crippen LogP contribution in [0.2, 0.25) is 4.47 Å². The van der Waals surface area contributed by atoms with Gasteiger partial charge in [-0.3, -0.25) is 0 Å². The third-order valence-electron chi connectivity index (χ3n) is 2.34. The van der Waals surface area contributed by atoms with E-state index < -0.39 is 0 Å². The first-order chi connectivity index (χ1) is 6.81. The second-order valence-corrected chi connectivity index (χ2v) is 4.76. The van der Waals surface area contributed by atoms with Gasteiger partial charge in [0, 0.05) is 19.1 Å². The number of ether oxygens (including phenoxy) is 1. The Kier molecular flexibility index (Phi) is 3.02. The van der Waals surface area contributed by atoms with Crippen molar-refractivity contribution in [3.63, 3.8) is 0 Å². The van der Waals surface area contributed by atoms with Crippen LogP contribution in [0.4, 0.5) is 0 Å². The Morgan fingerprint density at radius 2 is 2.21 bits per heavy atom. The highest BCUT2D eigenvalue weighted by atomic mass is 35.5. The van der Waals surface area contributed by atoms with Gasteiger partial charge >= 0.3 is 0 Å². The standard InChI is InChI=1S/C9H9ClN2OS/c10-9-12-8(7(5-11)14-9)6-1-3-13-4-2-6/h6H,1-4H2. The molecule has 0 N–H and O–H groups in total. The van der Waals surface area contributed by atoms with Gasteiger partial charge in [-0.1, -0.05) is 22.9 Å². The molecule has 0 aliphatic carbocycles. The fraction of sp³-hybridized carbons (Fsp3) is 0.556. The molecule has 0 amide bonds. The number of hydrogen-bond acceptors (Lipinski definition) is 4. The first-order valence-corrected chi connectivity index (χ1v) is 5.65. The molecule has 2 heterocycles. The lowest BCUT2D eigenvalue weighted by Gasteiger charge is -2.20. The zero-order valence-electron chi connectivity index (χ0n) is 7.49. The second-order valence-electron chi connectivity index (χ2n) is 3.18. The molecule has 1 fully saturated rings. The van der Waals surface area contributed by atoms with Gasteiger partial charge in [-0.05, 0) is 12.8 Å². The molecule has 3 nitrogen and oxygen atoms in total. The van der Waals surface area contributed by atoms with Crippen molar-refractivity contribution in [3.05, 3.63) is 15.0 Å². The van der Waals surface area contributed by atoms with Crippen molar-refractivity contribution in [2.45, 2.75) is 18.8 Å². The van der Waals surface area contributed by atoms with E-state index in [2.05, 4.69) is 11.1 Å². The topological polar surface area (TPSA) is 45.9 Å². The number of nitrogens with zero attached hydrogens (tertiary/aromatic N) is 2. The van der Waals surface area contributed by atoms with E-state index in [4.69, 9.17) is 21.6 Å². The summed E-state index contributed by atoms with van der Waals surface area (Å²) in [5.74, 6) is 0.349. The number of hydrogen-bond donors (Lipinski definition) is 0. The molecule has 0 atom stereocenters. The minimum atomic E-state index is 0.349. The molecule has 1 aromatic rings. The monoisotopic (exact) mass is 228 g/mol. The Hall–Kier alpha value is -0.630. The maximum atomic E-state index is 8.89. The molecule has 5 heteroatoms. The molecule has 0 saturated carbocycles. The van der Waals surface area contributed by atoms with Crippen LogP contribution in [0.15, 0.2) is 0 Å². The molecule has 2 rings (SSSR count). The molecule has 0 spiro atoms. The Morgan fingerprint density at radius 3 is 2.86 bits per heavy atom. The lowest BCUT2D eigenvalue weighted by molar-refractivity contribution is 0.0846. The molecule has 1 aliphatic heterocycles. The van der Waals surface area contributed by atoms with E-state index in [9.17, 15) is 0 Å². The summed E-state index contributed by atoms with van der Waals surface area (Å²) >= 11 is 7.05. The average Bonchev–Trinajstić information content (AvgIpc) is 2.61. The summed E-state index contributed by atoms with van der Waals surface area (Å²) < 4.78 is 5.72. The van der Waals surface area contributed by atoms with Crippen LogP contribution < -0.4 is 0 Å². The first kappa shape index (κ1) is 9.91. The molecule has 1 aromatic heterocycles. The number of thiazole rings is 1. The minimum absolute atomic E-state index is 0.349. The highest BCUT2D eigenvalue weighted by Gasteiger charge is 2.22. The molecule has 1 saturated heterocycles. The van der Waals surface area contributed by atoms with Gasteiger partial charge in [0.2, 0.25) is 0 Å². The molecule has 1 aliphatic rings. The van der Waals surface area contributed by atoms with Crippen LogP contribution >= 0.6 is 22.9 Å². The van der Waals surface area contributed by atoms with Crippen LogP contribution in [-0.4, -0.2) is 18.2 Å². The van der Waals surface area contributed by atoms with Crippen LogP contribution in [0.5, 0.6) is 0 Å². The Balaban J connectivity index is 2.25. The van der Waals surface area contributed by atoms with Gasteiger partial charge in [0.1, 0.15) is 10.9 Å². The Labute approximate surface area is 91.3 Å². The van der Waals surface area contributed by atoms with Crippen molar-refractivity contribution >= 4 is 22.9 Å². The molecule has 14 heavy (non-hydrogen) atoms. The molecule has 74 valence electrons. The van der Waals surface area contributed by atoms with Gasteiger partial charge in [-0.15, -0.1) is 0 Å². The maximum Gasteiger partial charge on any atom is 0.185 e. The van der Waals surface area contributed by atoms with Crippen LogP contribution in [0, 0.1) is 11.3 Å². The van der Waals surface area contributed by atoms with Crippen LogP contribution in [-0.2, 0) is 4.74 Å². The van der Waals surface area contributed by atoms with Gasteiger partial charge < -0.3 is 4.74 Å². The number of halogens is 1. The zero-order valence-corrected chi connectivity index (χ0v) is 9.07. The summed E-state index contributed by atoms with van der Waals surface area (Å²) in [7, 11) is 0. The molecule has 0 unspecified atom stereocenters. The largest absolute Gasteiger partial charge is 0.381 e. The van der Waals surface area contributed by atoms with E-state index in [0.717, 1.165) is 31.7 Å². The average molecular weight is 229 g/mol. The molecule has 0 radical (unpaired) electrons. The van der Waals surface area contributed by atoms with Crippen molar-refractivity contribution in [1.82, 2.24) is 4.98 Å². The Bertz CT molecular complexity index is 365. The predicted octanol–water partition coefficient (Wildman–Crippen LogP) is 2.56. The second kappa shape index (κ2) is 4.26. The van der Waals surface area contributed by atoms with E-state index in [1.165, 1.54) is 11.3 Å². The van der Waals surface area contributed by atoms with Crippen LogP contribution in [0.25, 0.3) is 0 Å². The van der Waals surface area contributed by atoms with Gasteiger partial charge in [0.25, 0.3) is 0 Å². The quantitative estimate of drug-likeness (QED) is 0.742. The van der Waals surface area contributed by atoms with Gasteiger partial charge in [0.15, 0.2) is 4.47 Å². The lowest BCUT2D eigenvalue weighted by atomic mass is 9.96. The van der Waals surface area contributed by atoms with Crippen LogP contribution in [0.1, 0.15) is 29.3 Å². The molecular weight excluding hydrogens is 220 g/mol. The predicted molar refractivity (Wildman–Crippen MR) is 54.6 cm³/mol. The fourth-order valence-electron chi connectivity index (χ4n) is 1.63. The lowest BCUT2D eigenvalue weighted by Crippen LogP contribution is -2.15. The fourth-order valence-corrected chi connectivity index (χ4v) is 2.63. The molecule has 0 bridgehead atoms. The van der Waals surface area contributed by atoms with Crippen molar-refractivity contribution in [2.24, 2.45) is 0 Å². The third-order valence-corrected chi connectivity index (χ3v) is 3.42. The van der Waals surface area contributed by atoms with Gasteiger partial charge in [-0.2, -0.15) is 5.26 Å². The number of rotatable bonds is 1. The normalized spacial score (nSPS) is 18.0. The summed E-state index contributed by atoms with van der Waals surface area (Å²) in [5.41, 5.74) is 0.866. The number of nitriles is 1. The van der Waals surface area contributed by atoms with Crippen molar-refractivity contribution in [1.29, 1.82) is 5.26 Å². The third kappa shape index (κ3) is 1.90. The summed E-state index contributed by atoms with van der Waals surface area (Å²) in [5, 5.41) is 8.89. The van der Waals surface area contributed by atoms with E-state index in [-0.39, 0.29) is 0 Å². The SMILES string of the molecule is N#Cc1sc(Cl)nc1C1CCOCC1. The van der Waals surface area contributed by atoms with Crippen LogP contribution in [0.3, 0.4) is 0 Å². The first-order valence-electron chi connectivity index (χ1n) is 4.45. The smallest absolute Gasteiger partial charge is 0.185 e. The summed E-state index contributed by atoms with van der Waals surface area (Å²) in [6, 6.07) is 2.14. The highest BCUT2D eigenvalue weighted by molar-refractivity contribution is 7.16. The van der Waals surface area contributed by atoms with E-state index in [0.29, 0.717) is 15.3 Å². The van der Waals surface area contributed by atoms with E-state index in [1.807, 2.05) is 0 Å². The number of aromatic nitrogens is 1. The summed E-state index contributed by atoms with van der Waals surface area (Å²) in [6.07, 6.45) is 1.88. The van der Waals surface area contributed by atoms with Crippen molar-refractivity contribution < 1.29 is 4.74 Å². The van der Waals surface area contributed by atoms with E-state index in [1.54, 1.807) is 0 Å². The minimum Gasteiger partial charge on any atom is -0.381 e. The molecular formula is C9H9ClN2OS. The summed E-state index contributed by atoms with van der Waals surface area (Å²) in [6.45, 7) is 1.51. The van der Waals surface area contributed by atoms with Crippen molar-refractivity contribution in [3.8, 4) is 6.07 Å². The van der Waals surface area contributed by atoms with E-state index >= 15 is 0 Å². The van der Waals surface area contributed by atoms with Crippen molar-refractivity contribution in [2.75, 3.05) is 13.2 Å². The Morgan fingerprint density at radius 1 is 1.50 bits per heavy atom. The highest BCUT2D eigenvalue weighted by Crippen LogP contribution is 2.33. The van der Waals surface area contributed by atoms with Gasteiger partial charge in [0.05, 0.1) is 5.69 Å². The summed E-state index contributed by atoms with van der Waals surface area (Å²) in [4.78, 5) is 4.87. The zero-order chi connectivity index (χ0) is 9.97.